The van der Waals surface area contributed by atoms with E-state index in [4.69, 9.17) is 9.47 Å². The lowest BCUT2D eigenvalue weighted by Gasteiger charge is -2.07. The first-order chi connectivity index (χ1) is 10.7. The highest BCUT2D eigenvalue weighted by Gasteiger charge is 2.24. The highest BCUT2D eigenvalue weighted by molar-refractivity contribution is 5.95. The first-order valence-corrected chi connectivity index (χ1v) is 7.40. The Balaban J connectivity index is 1.74. The number of rotatable bonds is 4. The number of hydrogen-bond donors (Lipinski definition) is 0. The first-order valence-electron chi connectivity index (χ1n) is 7.40. The molecule has 116 valence electrons. The lowest BCUT2D eigenvalue weighted by atomic mass is 10.1. The normalized spacial score (nSPS) is 15.1. The average Bonchev–Trinajstić information content (AvgIpc) is 3.20. The SMILES string of the molecule is COC(=O)c1cccn2cc(COC(=O)C3CCCC3)nc12. The van der Waals surface area contributed by atoms with Crippen LogP contribution in [0.5, 0.6) is 0 Å². The van der Waals surface area contributed by atoms with Crippen LogP contribution < -0.4 is 0 Å². The van der Waals surface area contributed by atoms with Gasteiger partial charge in [-0.1, -0.05) is 12.8 Å². The molecule has 0 bridgehead atoms. The second-order valence-corrected chi connectivity index (χ2v) is 5.47. The molecule has 0 atom stereocenters. The van der Waals surface area contributed by atoms with Gasteiger partial charge >= 0.3 is 11.9 Å². The summed E-state index contributed by atoms with van der Waals surface area (Å²) in [5, 5.41) is 0. The molecule has 22 heavy (non-hydrogen) atoms. The van der Waals surface area contributed by atoms with Gasteiger partial charge in [0.05, 0.1) is 18.7 Å². The zero-order valence-electron chi connectivity index (χ0n) is 12.4. The van der Waals surface area contributed by atoms with E-state index in [1.165, 1.54) is 7.11 Å². The zero-order valence-corrected chi connectivity index (χ0v) is 12.4. The molecule has 0 aromatic carbocycles. The Labute approximate surface area is 128 Å². The maximum atomic E-state index is 11.9. The molecule has 1 fully saturated rings. The predicted octanol–water partition coefficient (Wildman–Crippen LogP) is 2.35. The van der Waals surface area contributed by atoms with Gasteiger partial charge in [-0.05, 0) is 25.0 Å². The largest absolute Gasteiger partial charge is 0.465 e. The van der Waals surface area contributed by atoms with Crippen molar-refractivity contribution in [3.63, 3.8) is 0 Å². The van der Waals surface area contributed by atoms with E-state index in [2.05, 4.69) is 4.98 Å². The Morgan fingerprint density at radius 3 is 2.86 bits per heavy atom. The number of hydrogen-bond acceptors (Lipinski definition) is 5. The minimum Gasteiger partial charge on any atom is -0.465 e. The summed E-state index contributed by atoms with van der Waals surface area (Å²) in [5.41, 5.74) is 1.50. The molecule has 0 spiro atoms. The number of pyridine rings is 1. The van der Waals surface area contributed by atoms with Gasteiger partial charge in [-0.3, -0.25) is 4.79 Å². The Hall–Kier alpha value is -2.37. The van der Waals surface area contributed by atoms with Crippen LogP contribution in [0.1, 0.15) is 41.7 Å². The summed E-state index contributed by atoms with van der Waals surface area (Å²) in [5.74, 6) is -0.559. The van der Waals surface area contributed by atoms with E-state index in [-0.39, 0.29) is 18.5 Å². The van der Waals surface area contributed by atoms with Gasteiger partial charge in [-0.15, -0.1) is 0 Å². The number of methoxy groups -OCH3 is 1. The van der Waals surface area contributed by atoms with Crippen molar-refractivity contribution >= 4 is 17.6 Å². The van der Waals surface area contributed by atoms with E-state index in [0.29, 0.717) is 16.9 Å². The van der Waals surface area contributed by atoms with Gasteiger partial charge < -0.3 is 13.9 Å². The minimum atomic E-state index is -0.439. The number of ether oxygens (including phenoxy) is 2. The van der Waals surface area contributed by atoms with Gasteiger partial charge in [0, 0.05) is 12.4 Å². The van der Waals surface area contributed by atoms with Crippen LogP contribution >= 0.6 is 0 Å². The molecule has 0 amide bonds. The van der Waals surface area contributed by atoms with Gasteiger partial charge in [-0.2, -0.15) is 0 Å². The van der Waals surface area contributed by atoms with Gasteiger partial charge in [-0.25, -0.2) is 9.78 Å². The average molecular weight is 302 g/mol. The molecule has 2 aromatic rings. The second-order valence-electron chi connectivity index (χ2n) is 5.47. The van der Waals surface area contributed by atoms with Crippen molar-refractivity contribution in [2.45, 2.75) is 32.3 Å². The van der Waals surface area contributed by atoms with Crippen LogP contribution in [-0.2, 0) is 20.9 Å². The Morgan fingerprint density at radius 2 is 2.14 bits per heavy atom. The molecule has 0 radical (unpaired) electrons. The molecular formula is C16H18N2O4. The van der Waals surface area contributed by atoms with E-state index in [1.807, 2.05) is 0 Å². The highest BCUT2D eigenvalue weighted by atomic mass is 16.5. The fraction of sp³-hybridized carbons (Fsp3) is 0.438. The number of fused-ring (bicyclic) bond motifs is 1. The molecule has 2 aromatic heterocycles. The van der Waals surface area contributed by atoms with E-state index < -0.39 is 5.97 Å². The van der Waals surface area contributed by atoms with Crippen molar-refractivity contribution in [1.29, 1.82) is 0 Å². The summed E-state index contributed by atoms with van der Waals surface area (Å²) in [7, 11) is 1.33. The zero-order chi connectivity index (χ0) is 15.5. The Kier molecular flexibility index (Phi) is 4.09. The lowest BCUT2D eigenvalue weighted by Crippen LogP contribution is -2.14. The molecule has 6 heteroatoms. The summed E-state index contributed by atoms with van der Waals surface area (Å²) in [6, 6.07) is 3.40. The first kappa shape index (κ1) is 14.6. The fourth-order valence-electron chi connectivity index (χ4n) is 2.83. The Morgan fingerprint density at radius 1 is 1.36 bits per heavy atom. The smallest absolute Gasteiger partial charge is 0.341 e. The van der Waals surface area contributed by atoms with E-state index >= 15 is 0 Å². The van der Waals surface area contributed by atoms with Gasteiger partial charge in [0.1, 0.15) is 12.2 Å². The van der Waals surface area contributed by atoms with Crippen LogP contribution in [0.4, 0.5) is 0 Å². The van der Waals surface area contributed by atoms with Crippen molar-refractivity contribution in [3.8, 4) is 0 Å². The molecular weight excluding hydrogens is 284 g/mol. The van der Waals surface area contributed by atoms with Crippen LogP contribution in [0.25, 0.3) is 5.65 Å². The number of nitrogens with zero attached hydrogens (tertiary/aromatic N) is 2. The quantitative estimate of drug-likeness (QED) is 0.811. The summed E-state index contributed by atoms with van der Waals surface area (Å²) < 4.78 is 11.8. The standard InChI is InChI=1S/C16H18N2O4/c1-21-16(20)13-7-4-8-18-9-12(17-14(13)18)10-22-15(19)11-5-2-3-6-11/h4,7-9,11H,2-3,5-6,10H2,1H3. The predicted molar refractivity (Wildman–Crippen MR) is 78.3 cm³/mol. The van der Waals surface area contributed by atoms with Crippen LogP contribution in [0, 0.1) is 5.92 Å². The van der Waals surface area contributed by atoms with E-state index in [1.54, 1.807) is 28.9 Å². The van der Waals surface area contributed by atoms with Crippen LogP contribution in [0.2, 0.25) is 0 Å². The van der Waals surface area contributed by atoms with Crippen molar-refractivity contribution in [2.75, 3.05) is 7.11 Å². The number of imidazole rings is 1. The summed E-state index contributed by atoms with van der Waals surface area (Å²) in [6.45, 7) is 0.123. The molecule has 3 rings (SSSR count). The van der Waals surface area contributed by atoms with Crippen LogP contribution in [0.15, 0.2) is 24.5 Å². The molecule has 6 nitrogen and oxygen atoms in total. The van der Waals surface area contributed by atoms with Gasteiger partial charge in [0.25, 0.3) is 0 Å². The Bertz CT molecular complexity index is 701. The molecule has 0 aliphatic heterocycles. The number of aromatic nitrogens is 2. The third-order valence-electron chi connectivity index (χ3n) is 3.99. The van der Waals surface area contributed by atoms with Gasteiger partial charge in [0.2, 0.25) is 0 Å². The number of carbonyl (C=O) groups excluding carboxylic acids is 2. The van der Waals surface area contributed by atoms with Crippen molar-refractivity contribution in [2.24, 2.45) is 5.92 Å². The molecule has 1 saturated carbocycles. The highest BCUT2D eigenvalue weighted by Crippen LogP contribution is 2.26. The van der Waals surface area contributed by atoms with E-state index in [9.17, 15) is 9.59 Å². The maximum Gasteiger partial charge on any atom is 0.341 e. The molecule has 0 unspecified atom stereocenters. The molecule has 2 heterocycles. The monoisotopic (exact) mass is 302 g/mol. The minimum absolute atomic E-state index is 0.0302. The van der Waals surface area contributed by atoms with Crippen molar-refractivity contribution < 1.29 is 19.1 Å². The third-order valence-corrected chi connectivity index (χ3v) is 3.99. The summed E-state index contributed by atoms with van der Waals surface area (Å²) in [4.78, 5) is 28.0. The summed E-state index contributed by atoms with van der Waals surface area (Å²) >= 11 is 0. The van der Waals surface area contributed by atoms with Crippen molar-refractivity contribution in [3.05, 3.63) is 35.8 Å². The van der Waals surface area contributed by atoms with Crippen molar-refractivity contribution in [1.82, 2.24) is 9.38 Å². The molecule has 1 aliphatic rings. The number of esters is 2. The third kappa shape index (κ3) is 2.81. The van der Waals surface area contributed by atoms with E-state index in [0.717, 1.165) is 25.7 Å². The summed E-state index contributed by atoms with van der Waals surface area (Å²) in [6.07, 6.45) is 7.56. The second kappa shape index (κ2) is 6.17. The maximum absolute atomic E-state index is 11.9. The fourth-order valence-corrected chi connectivity index (χ4v) is 2.83. The lowest BCUT2D eigenvalue weighted by molar-refractivity contribution is -0.149. The van der Waals surface area contributed by atoms with Crippen LogP contribution in [-0.4, -0.2) is 28.4 Å². The topological polar surface area (TPSA) is 69.9 Å². The van der Waals surface area contributed by atoms with Crippen LogP contribution in [0.3, 0.4) is 0 Å². The van der Waals surface area contributed by atoms with Gasteiger partial charge in [0.15, 0.2) is 5.65 Å². The molecule has 0 saturated heterocycles. The molecule has 0 N–H and O–H groups in total. The molecule has 1 aliphatic carbocycles. The number of carbonyl (C=O) groups is 2.